The van der Waals surface area contributed by atoms with Gasteiger partial charge in [-0.3, -0.25) is 9.48 Å². The van der Waals surface area contributed by atoms with Gasteiger partial charge in [-0.1, -0.05) is 48.5 Å². The van der Waals surface area contributed by atoms with Gasteiger partial charge in [0, 0.05) is 31.0 Å². The summed E-state index contributed by atoms with van der Waals surface area (Å²) < 4.78 is 48.2. The summed E-state index contributed by atoms with van der Waals surface area (Å²) in [5, 5.41) is 8.10. The second kappa shape index (κ2) is 8.76. The molecule has 5 rings (SSSR count). The Balaban J connectivity index is 1.45. The normalized spacial score (nSPS) is 18.3. The average Bonchev–Trinajstić information content (AvgIpc) is 3.57. The van der Waals surface area contributed by atoms with Crippen molar-refractivity contribution in [2.75, 3.05) is 7.05 Å². The molecule has 1 aromatic heterocycles. The van der Waals surface area contributed by atoms with Crippen LogP contribution in [0, 0.1) is 5.92 Å². The summed E-state index contributed by atoms with van der Waals surface area (Å²) in [5.41, 5.74) is 3.77. The van der Waals surface area contributed by atoms with Crippen molar-refractivity contribution in [3.05, 3.63) is 84.1 Å². The molecule has 0 bridgehead atoms. The fraction of sp³-hybridized carbons (Fsp3) is 0.259. The molecule has 0 saturated heterocycles. The quantitative estimate of drug-likeness (QED) is 0.382. The number of carbonyl (C=O) groups is 1. The van der Waals surface area contributed by atoms with Crippen molar-refractivity contribution < 1.29 is 22.7 Å². The Hall–Kier alpha value is -3.81. The number of hydrogen-bond donors (Lipinski definition) is 1. The number of ether oxygens (including phenoxy) is 1. The van der Waals surface area contributed by atoms with E-state index in [-0.39, 0.29) is 29.1 Å². The molecule has 3 aromatic carbocycles. The summed E-state index contributed by atoms with van der Waals surface area (Å²) in [6, 6.07) is 18.2. The number of alkyl halides is 3. The van der Waals surface area contributed by atoms with Crippen LogP contribution in [0.5, 0.6) is 5.75 Å². The average molecular weight is 480 g/mol. The SMILES string of the molecule is CNC(=O)[C@@H]1C[C@H]1c1cc(-c2ccc(OC(c3ccccc3)C(F)(F)F)cc2)cc2c1cnn2C. The van der Waals surface area contributed by atoms with Gasteiger partial charge in [0.2, 0.25) is 12.0 Å². The molecule has 35 heavy (non-hydrogen) atoms. The summed E-state index contributed by atoms with van der Waals surface area (Å²) in [6.07, 6.45) is -4.02. The molecule has 0 spiro atoms. The topological polar surface area (TPSA) is 56.1 Å². The Kier molecular flexibility index (Phi) is 5.75. The second-order valence-electron chi connectivity index (χ2n) is 8.80. The fourth-order valence-electron chi connectivity index (χ4n) is 4.58. The lowest BCUT2D eigenvalue weighted by atomic mass is 9.97. The van der Waals surface area contributed by atoms with Gasteiger partial charge in [0.1, 0.15) is 5.75 Å². The Bertz CT molecular complexity index is 1360. The highest BCUT2D eigenvalue weighted by atomic mass is 19.4. The van der Waals surface area contributed by atoms with Crippen molar-refractivity contribution in [1.29, 1.82) is 0 Å². The van der Waals surface area contributed by atoms with Crippen molar-refractivity contribution >= 4 is 16.8 Å². The summed E-state index contributed by atoms with van der Waals surface area (Å²) >= 11 is 0. The van der Waals surface area contributed by atoms with Crippen molar-refractivity contribution in [2.45, 2.75) is 24.6 Å². The highest BCUT2D eigenvalue weighted by Crippen LogP contribution is 2.50. The van der Waals surface area contributed by atoms with E-state index in [0.29, 0.717) is 0 Å². The standard InChI is InChI=1S/C27H24F3N3O2/c1-31-26(34)22-14-21(22)20-12-18(13-24-23(20)15-32-33(24)2)16-8-10-19(11-9-16)35-25(27(28,29)30)17-6-4-3-5-7-17/h3-13,15,21-22,25H,14H2,1-2H3,(H,31,34)/t21-,22+,25?/m0/s1. The molecular formula is C27H24F3N3O2. The lowest BCUT2D eigenvalue weighted by Gasteiger charge is -2.22. The van der Waals surface area contributed by atoms with Gasteiger partial charge in [0.05, 0.1) is 11.7 Å². The van der Waals surface area contributed by atoms with Crippen LogP contribution in [-0.2, 0) is 11.8 Å². The van der Waals surface area contributed by atoms with E-state index in [1.54, 1.807) is 54.2 Å². The largest absolute Gasteiger partial charge is 0.476 e. The van der Waals surface area contributed by atoms with Gasteiger partial charge in [-0.15, -0.1) is 0 Å². The van der Waals surface area contributed by atoms with Gasteiger partial charge in [0.25, 0.3) is 0 Å². The number of amides is 1. The minimum Gasteiger partial charge on any atom is -0.476 e. The molecule has 180 valence electrons. The molecule has 1 aliphatic carbocycles. The van der Waals surface area contributed by atoms with Crippen LogP contribution in [0.15, 0.2) is 72.9 Å². The molecule has 3 atom stereocenters. The van der Waals surface area contributed by atoms with Crippen molar-refractivity contribution in [1.82, 2.24) is 15.1 Å². The summed E-state index contributed by atoms with van der Waals surface area (Å²) in [5.74, 6) is 0.203. The first-order chi connectivity index (χ1) is 16.8. The van der Waals surface area contributed by atoms with E-state index in [1.807, 2.05) is 19.3 Å². The van der Waals surface area contributed by atoms with Crippen LogP contribution in [0.1, 0.15) is 29.6 Å². The molecule has 0 aliphatic heterocycles. The van der Waals surface area contributed by atoms with Crippen LogP contribution < -0.4 is 10.1 Å². The number of carbonyl (C=O) groups excluding carboxylic acids is 1. The molecule has 5 nitrogen and oxygen atoms in total. The summed E-state index contributed by atoms with van der Waals surface area (Å²) in [7, 11) is 3.50. The number of fused-ring (bicyclic) bond motifs is 1. The van der Waals surface area contributed by atoms with Gasteiger partial charge >= 0.3 is 6.18 Å². The molecule has 1 fully saturated rings. The minimum absolute atomic E-state index is 0.0246. The van der Waals surface area contributed by atoms with Gasteiger partial charge in [-0.05, 0) is 47.2 Å². The Morgan fingerprint density at radius 3 is 2.46 bits per heavy atom. The second-order valence-corrected chi connectivity index (χ2v) is 8.80. The number of benzene rings is 3. The summed E-state index contributed by atoms with van der Waals surface area (Å²) in [6.45, 7) is 0. The van der Waals surface area contributed by atoms with Crippen molar-refractivity contribution in [3.63, 3.8) is 0 Å². The predicted octanol–water partition coefficient (Wildman–Crippen LogP) is 5.77. The highest BCUT2D eigenvalue weighted by molar-refractivity contribution is 5.91. The first-order valence-corrected chi connectivity index (χ1v) is 11.3. The third-order valence-corrected chi connectivity index (χ3v) is 6.51. The van der Waals surface area contributed by atoms with Crippen LogP contribution in [0.4, 0.5) is 13.2 Å². The zero-order valence-corrected chi connectivity index (χ0v) is 19.2. The third-order valence-electron chi connectivity index (χ3n) is 6.51. The van der Waals surface area contributed by atoms with E-state index in [9.17, 15) is 18.0 Å². The number of aryl methyl sites for hydroxylation is 1. The van der Waals surface area contributed by atoms with Crippen LogP contribution in [0.2, 0.25) is 0 Å². The number of rotatable bonds is 6. The molecule has 1 unspecified atom stereocenters. The molecular weight excluding hydrogens is 455 g/mol. The number of aromatic nitrogens is 2. The lowest BCUT2D eigenvalue weighted by Crippen LogP contribution is -2.26. The molecule has 1 amide bonds. The van der Waals surface area contributed by atoms with E-state index in [0.717, 1.165) is 34.0 Å². The van der Waals surface area contributed by atoms with E-state index in [1.165, 1.54) is 12.1 Å². The Morgan fingerprint density at radius 1 is 1.09 bits per heavy atom. The molecule has 4 aromatic rings. The van der Waals surface area contributed by atoms with E-state index in [4.69, 9.17) is 4.74 Å². The van der Waals surface area contributed by atoms with Crippen molar-refractivity contribution in [2.24, 2.45) is 13.0 Å². The van der Waals surface area contributed by atoms with Crippen LogP contribution in [-0.4, -0.2) is 28.9 Å². The minimum atomic E-state index is -4.55. The zero-order valence-electron chi connectivity index (χ0n) is 19.2. The fourth-order valence-corrected chi connectivity index (χ4v) is 4.58. The molecule has 8 heteroatoms. The maximum atomic E-state index is 13.7. The van der Waals surface area contributed by atoms with E-state index in [2.05, 4.69) is 16.5 Å². The Labute approximate surface area is 200 Å². The van der Waals surface area contributed by atoms with Gasteiger partial charge < -0.3 is 10.1 Å². The van der Waals surface area contributed by atoms with Crippen LogP contribution in [0.25, 0.3) is 22.0 Å². The number of halogens is 3. The van der Waals surface area contributed by atoms with Gasteiger partial charge in [-0.2, -0.15) is 18.3 Å². The number of nitrogens with one attached hydrogen (secondary N) is 1. The molecule has 1 saturated carbocycles. The number of hydrogen-bond acceptors (Lipinski definition) is 3. The van der Waals surface area contributed by atoms with Gasteiger partial charge in [0.15, 0.2) is 0 Å². The van der Waals surface area contributed by atoms with Crippen LogP contribution in [0.3, 0.4) is 0 Å². The monoisotopic (exact) mass is 479 g/mol. The smallest absolute Gasteiger partial charge is 0.429 e. The third kappa shape index (κ3) is 4.48. The molecule has 1 N–H and O–H groups in total. The molecule has 1 aliphatic rings. The van der Waals surface area contributed by atoms with Crippen molar-refractivity contribution in [3.8, 4) is 16.9 Å². The van der Waals surface area contributed by atoms with Crippen LogP contribution >= 0.6 is 0 Å². The first kappa shape index (κ1) is 23.0. The predicted molar refractivity (Wildman–Crippen MR) is 127 cm³/mol. The Morgan fingerprint density at radius 2 is 1.80 bits per heavy atom. The molecule has 0 radical (unpaired) electrons. The molecule has 1 heterocycles. The number of nitrogens with zero attached hydrogens (tertiary/aromatic N) is 2. The van der Waals surface area contributed by atoms with E-state index >= 15 is 0 Å². The highest BCUT2D eigenvalue weighted by Gasteiger charge is 2.45. The zero-order chi connectivity index (χ0) is 24.7. The lowest BCUT2D eigenvalue weighted by molar-refractivity contribution is -0.198. The first-order valence-electron chi connectivity index (χ1n) is 11.3. The summed E-state index contributed by atoms with van der Waals surface area (Å²) in [4.78, 5) is 12.1. The maximum absolute atomic E-state index is 13.7. The maximum Gasteiger partial charge on any atom is 0.429 e. The van der Waals surface area contributed by atoms with Gasteiger partial charge in [-0.25, -0.2) is 0 Å². The van der Waals surface area contributed by atoms with E-state index < -0.39 is 12.3 Å².